The summed E-state index contributed by atoms with van der Waals surface area (Å²) in [4.78, 5) is 0. The van der Waals surface area contributed by atoms with Crippen molar-refractivity contribution in [2.24, 2.45) is 0 Å². The molecule has 0 aliphatic rings. The van der Waals surface area contributed by atoms with Crippen LogP contribution in [0.1, 0.15) is 16.7 Å². The minimum absolute atomic E-state index is 0.169. The SMILES string of the molecule is FC(F)(F)c1c[c]cc(C(F)(F)F)c1C(F)(F)F. The van der Waals surface area contributed by atoms with E-state index in [1.165, 1.54) is 6.07 Å². The summed E-state index contributed by atoms with van der Waals surface area (Å²) in [5.41, 5.74) is -7.57. The highest BCUT2D eigenvalue weighted by Crippen LogP contribution is 2.46. The van der Waals surface area contributed by atoms with Crippen molar-refractivity contribution in [1.82, 2.24) is 0 Å². The summed E-state index contributed by atoms with van der Waals surface area (Å²) in [5, 5.41) is 0. The van der Waals surface area contributed by atoms with Gasteiger partial charge in [0, 0.05) is 0 Å². The highest BCUT2D eigenvalue weighted by atomic mass is 19.4. The molecule has 9 heteroatoms. The summed E-state index contributed by atoms with van der Waals surface area (Å²) < 4.78 is 111. The van der Waals surface area contributed by atoms with Gasteiger partial charge in [0.15, 0.2) is 0 Å². The van der Waals surface area contributed by atoms with Crippen LogP contribution in [0.15, 0.2) is 12.1 Å². The maximum absolute atomic E-state index is 12.4. The summed E-state index contributed by atoms with van der Waals surface area (Å²) in [6.45, 7) is 0. The highest BCUT2D eigenvalue weighted by molar-refractivity contribution is 5.40. The predicted molar refractivity (Wildman–Crippen MR) is 40.3 cm³/mol. The van der Waals surface area contributed by atoms with Gasteiger partial charge in [-0.05, 0) is 18.2 Å². The maximum Gasteiger partial charge on any atom is 0.417 e. The molecule has 0 aliphatic heterocycles. The molecule has 0 aromatic heterocycles. The van der Waals surface area contributed by atoms with Crippen LogP contribution in [0.4, 0.5) is 39.5 Å². The first-order valence-electron chi connectivity index (χ1n) is 4.11. The second-order valence-electron chi connectivity index (χ2n) is 3.15. The lowest BCUT2D eigenvalue weighted by Gasteiger charge is -2.20. The zero-order valence-corrected chi connectivity index (χ0v) is 8.06. The van der Waals surface area contributed by atoms with Gasteiger partial charge in [-0.1, -0.05) is 0 Å². The number of benzene rings is 1. The van der Waals surface area contributed by atoms with Crippen molar-refractivity contribution in [3.63, 3.8) is 0 Å². The van der Waals surface area contributed by atoms with Crippen molar-refractivity contribution in [3.8, 4) is 0 Å². The summed E-state index contributed by atoms with van der Waals surface area (Å²) in [6.07, 6.45) is -16.9. The molecule has 0 bridgehead atoms. The second-order valence-corrected chi connectivity index (χ2v) is 3.15. The van der Waals surface area contributed by atoms with Crippen LogP contribution in [0, 0.1) is 6.07 Å². The summed E-state index contributed by atoms with van der Waals surface area (Å²) in [5.74, 6) is 0. The molecule has 0 amide bonds. The average Bonchev–Trinajstić information content (AvgIpc) is 2.12. The summed E-state index contributed by atoms with van der Waals surface area (Å²) in [6, 6.07) is 1.08. The molecular weight excluding hydrogens is 279 g/mol. The molecule has 1 radical (unpaired) electrons. The van der Waals surface area contributed by atoms with Gasteiger partial charge in [0.1, 0.15) is 0 Å². The molecule has 0 saturated carbocycles. The van der Waals surface area contributed by atoms with Crippen LogP contribution in [-0.4, -0.2) is 0 Å². The highest BCUT2D eigenvalue weighted by Gasteiger charge is 2.49. The molecule has 0 N–H and O–H groups in total. The van der Waals surface area contributed by atoms with Crippen molar-refractivity contribution in [2.45, 2.75) is 18.5 Å². The molecule has 0 heterocycles. The third-order valence-corrected chi connectivity index (χ3v) is 1.89. The van der Waals surface area contributed by atoms with E-state index in [1.54, 1.807) is 0 Å². The Morgan fingerprint density at radius 1 is 0.611 bits per heavy atom. The molecule has 1 aromatic rings. The van der Waals surface area contributed by atoms with E-state index in [2.05, 4.69) is 0 Å². The van der Waals surface area contributed by atoms with Gasteiger partial charge in [0.05, 0.1) is 16.7 Å². The first-order valence-corrected chi connectivity index (χ1v) is 4.11. The molecule has 0 atom stereocenters. The number of hydrogen-bond donors (Lipinski definition) is 0. The fourth-order valence-corrected chi connectivity index (χ4v) is 1.25. The van der Waals surface area contributed by atoms with Crippen molar-refractivity contribution in [2.75, 3.05) is 0 Å². The number of halogens is 9. The fourth-order valence-electron chi connectivity index (χ4n) is 1.25. The largest absolute Gasteiger partial charge is 0.417 e. The van der Waals surface area contributed by atoms with Gasteiger partial charge in [-0.3, -0.25) is 0 Å². The summed E-state index contributed by atoms with van der Waals surface area (Å²) in [7, 11) is 0. The zero-order chi connectivity index (χ0) is 14.4. The molecule has 0 fully saturated rings. The van der Waals surface area contributed by atoms with Gasteiger partial charge in [-0.25, -0.2) is 0 Å². The Morgan fingerprint density at radius 2 is 0.944 bits per heavy atom. The first-order chi connectivity index (χ1) is 7.85. The maximum atomic E-state index is 12.4. The summed E-state index contributed by atoms with van der Waals surface area (Å²) >= 11 is 0. The van der Waals surface area contributed by atoms with Crippen LogP contribution in [0.2, 0.25) is 0 Å². The van der Waals surface area contributed by atoms with Crippen molar-refractivity contribution >= 4 is 0 Å². The second kappa shape index (κ2) is 4.06. The lowest BCUT2D eigenvalue weighted by Crippen LogP contribution is -2.22. The molecule has 0 saturated heterocycles. The van der Waals surface area contributed by atoms with Crippen molar-refractivity contribution in [1.29, 1.82) is 0 Å². The van der Waals surface area contributed by atoms with Crippen LogP contribution in [0.5, 0.6) is 0 Å². The third kappa shape index (κ3) is 2.88. The lowest BCUT2D eigenvalue weighted by molar-refractivity contribution is -0.174. The average molecular weight is 281 g/mol. The number of alkyl halides is 9. The van der Waals surface area contributed by atoms with E-state index < -0.39 is 35.2 Å². The van der Waals surface area contributed by atoms with E-state index in [-0.39, 0.29) is 12.1 Å². The Morgan fingerprint density at radius 3 is 1.17 bits per heavy atom. The van der Waals surface area contributed by atoms with Crippen LogP contribution in [0.3, 0.4) is 0 Å². The third-order valence-electron chi connectivity index (χ3n) is 1.89. The van der Waals surface area contributed by atoms with E-state index in [0.717, 1.165) is 0 Å². The molecule has 101 valence electrons. The van der Waals surface area contributed by atoms with Gasteiger partial charge in [0.2, 0.25) is 0 Å². The number of rotatable bonds is 0. The van der Waals surface area contributed by atoms with Crippen molar-refractivity contribution < 1.29 is 39.5 Å². The van der Waals surface area contributed by atoms with Gasteiger partial charge in [-0.15, -0.1) is 0 Å². The Bertz CT molecular complexity index is 403. The fraction of sp³-hybridized carbons (Fsp3) is 0.333. The smallest absolute Gasteiger partial charge is 0.166 e. The van der Waals surface area contributed by atoms with E-state index in [1.807, 2.05) is 0 Å². The Hall–Kier alpha value is -1.41. The molecule has 0 spiro atoms. The van der Waals surface area contributed by atoms with Gasteiger partial charge in [0.25, 0.3) is 0 Å². The predicted octanol–water partition coefficient (Wildman–Crippen LogP) is 4.54. The Labute approximate surface area is 94.0 Å². The molecule has 1 aromatic carbocycles. The topological polar surface area (TPSA) is 0 Å². The van der Waals surface area contributed by atoms with Crippen LogP contribution >= 0.6 is 0 Å². The normalized spacial score (nSPS) is 13.8. The standard InChI is InChI=1S/C9H2F9/c10-7(11,12)4-2-1-3-5(8(13,14)15)6(4)9(16,17)18/h2-3H. The molecule has 0 unspecified atom stereocenters. The van der Waals surface area contributed by atoms with Crippen molar-refractivity contribution in [3.05, 3.63) is 34.9 Å². The Kier molecular flexibility index (Phi) is 3.30. The minimum Gasteiger partial charge on any atom is -0.166 e. The van der Waals surface area contributed by atoms with Gasteiger partial charge >= 0.3 is 18.5 Å². The molecule has 18 heavy (non-hydrogen) atoms. The van der Waals surface area contributed by atoms with E-state index >= 15 is 0 Å². The Balaban J connectivity index is 3.68. The van der Waals surface area contributed by atoms with E-state index in [9.17, 15) is 39.5 Å². The molecule has 1 rings (SSSR count). The molecular formula is C9H2F9. The van der Waals surface area contributed by atoms with Crippen LogP contribution in [0.25, 0.3) is 0 Å². The minimum atomic E-state index is -5.77. The molecule has 0 nitrogen and oxygen atoms in total. The monoisotopic (exact) mass is 281 g/mol. The number of hydrogen-bond acceptors (Lipinski definition) is 0. The first kappa shape index (κ1) is 14.7. The quantitative estimate of drug-likeness (QED) is 0.612. The zero-order valence-electron chi connectivity index (χ0n) is 8.06. The van der Waals surface area contributed by atoms with Crippen LogP contribution in [-0.2, 0) is 18.5 Å². The van der Waals surface area contributed by atoms with Gasteiger partial charge in [-0.2, -0.15) is 39.5 Å². The van der Waals surface area contributed by atoms with E-state index in [4.69, 9.17) is 0 Å². The molecule has 0 aliphatic carbocycles. The van der Waals surface area contributed by atoms with Crippen LogP contribution < -0.4 is 0 Å². The van der Waals surface area contributed by atoms with E-state index in [0.29, 0.717) is 0 Å². The lowest BCUT2D eigenvalue weighted by atomic mass is 9.99. The van der Waals surface area contributed by atoms with Gasteiger partial charge < -0.3 is 0 Å².